The Kier molecular flexibility index (Phi) is 3.09. The number of rotatable bonds is 3. The van der Waals surface area contributed by atoms with Gasteiger partial charge in [-0.2, -0.15) is 5.10 Å². The molecule has 0 fully saturated rings. The van der Waals surface area contributed by atoms with Gasteiger partial charge in [-0.15, -0.1) is 0 Å². The Morgan fingerprint density at radius 2 is 2.11 bits per heavy atom. The molecule has 1 heterocycles. The van der Waals surface area contributed by atoms with Gasteiger partial charge < -0.3 is 9.84 Å². The van der Waals surface area contributed by atoms with Crippen molar-refractivity contribution in [3.05, 3.63) is 47.5 Å². The lowest BCUT2D eigenvalue weighted by Gasteiger charge is -2.24. The molecule has 4 nitrogen and oxygen atoms in total. The van der Waals surface area contributed by atoms with Crippen molar-refractivity contribution < 1.29 is 14.2 Å². The third-order valence-corrected chi connectivity index (χ3v) is 2.89. The van der Waals surface area contributed by atoms with Crippen LogP contribution in [0.5, 0.6) is 5.75 Å². The molecule has 1 aromatic heterocycles. The largest absolute Gasteiger partial charge is 0.496 e. The highest BCUT2D eigenvalue weighted by atomic mass is 19.1. The molecule has 0 radical (unpaired) electrons. The van der Waals surface area contributed by atoms with Crippen molar-refractivity contribution in [1.29, 1.82) is 0 Å². The van der Waals surface area contributed by atoms with Gasteiger partial charge in [-0.3, -0.25) is 4.68 Å². The summed E-state index contributed by atoms with van der Waals surface area (Å²) in [6.07, 6.45) is 1.69. The van der Waals surface area contributed by atoms with E-state index in [9.17, 15) is 9.50 Å². The van der Waals surface area contributed by atoms with Gasteiger partial charge >= 0.3 is 0 Å². The first-order chi connectivity index (χ1) is 8.46. The van der Waals surface area contributed by atoms with E-state index in [1.54, 1.807) is 30.1 Å². The van der Waals surface area contributed by atoms with Gasteiger partial charge in [0.25, 0.3) is 0 Å². The van der Waals surface area contributed by atoms with Gasteiger partial charge in [0.05, 0.1) is 18.4 Å². The first-order valence-electron chi connectivity index (χ1n) is 5.52. The fourth-order valence-electron chi connectivity index (χ4n) is 1.95. The zero-order valence-corrected chi connectivity index (χ0v) is 10.5. The molecule has 1 unspecified atom stereocenters. The van der Waals surface area contributed by atoms with Crippen molar-refractivity contribution in [3.63, 3.8) is 0 Å². The van der Waals surface area contributed by atoms with E-state index in [0.717, 1.165) is 0 Å². The third-order valence-electron chi connectivity index (χ3n) is 2.89. The summed E-state index contributed by atoms with van der Waals surface area (Å²) in [5.41, 5.74) is -1.09. The summed E-state index contributed by atoms with van der Waals surface area (Å²) in [7, 11) is 3.17. The highest BCUT2D eigenvalue weighted by Crippen LogP contribution is 2.36. The topological polar surface area (TPSA) is 47.3 Å². The maximum Gasteiger partial charge on any atom is 0.137 e. The number of hydrogen-bond donors (Lipinski definition) is 1. The zero-order valence-electron chi connectivity index (χ0n) is 10.5. The fraction of sp³-hybridized carbons (Fsp3) is 0.308. The minimum absolute atomic E-state index is 0.0891. The standard InChI is InChI=1S/C13H15FN2O2/c1-13(17,11-7-8-16(2)15-11)12-9(14)5-4-6-10(12)18-3/h4-8,17H,1-3H3. The second-order valence-electron chi connectivity index (χ2n) is 4.26. The predicted molar refractivity (Wildman–Crippen MR) is 64.8 cm³/mol. The number of nitrogens with zero attached hydrogens (tertiary/aromatic N) is 2. The average Bonchev–Trinajstić information content (AvgIpc) is 2.75. The van der Waals surface area contributed by atoms with Gasteiger partial charge in [0.15, 0.2) is 0 Å². The van der Waals surface area contributed by atoms with Crippen LogP contribution in [0.2, 0.25) is 0 Å². The smallest absolute Gasteiger partial charge is 0.137 e. The molecule has 0 saturated heterocycles. The van der Waals surface area contributed by atoms with Crippen LogP contribution in [0.25, 0.3) is 0 Å². The van der Waals surface area contributed by atoms with E-state index in [4.69, 9.17) is 4.74 Å². The quantitative estimate of drug-likeness (QED) is 0.904. The maximum atomic E-state index is 14.0. The monoisotopic (exact) mass is 250 g/mol. The summed E-state index contributed by atoms with van der Waals surface area (Å²) in [5.74, 6) is -0.226. The maximum absolute atomic E-state index is 14.0. The number of aryl methyl sites for hydroxylation is 1. The molecule has 0 bridgehead atoms. The van der Waals surface area contributed by atoms with Crippen LogP contribution in [0.1, 0.15) is 18.2 Å². The van der Waals surface area contributed by atoms with Gasteiger partial charge in [-0.1, -0.05) is 6.07 Å². The lowest BCUT2D eigenvalue weighted by atomic mass is 9.91. The molecule has 0 saturated carbocycles. The lowest BCUT2D eigenvalue weighted by molar-refractivity contribution is 0.0892. The molecule has 0 aliphatic heterocycles. The molecule has 2 aromatic rings. The van der Waals surface area contributed by atoms with Gasteiger partial charge in [0.1, 0.15) is 17.2 Å². The summed E-state index contributed by atoms with van der Waals surface area (Å²) in [5, 5.41) is 14.7. The highest BCUT2D eigenvalue weighted by Gasteiger charge is 2.34. The Morgan fingerprint density at radius 1 is 1.39 bits per heavy atom. The molecule has 1 N–H and O–H groups in total. The van der Waals surface area contributed by atoms with Crippen LogP contribution in [0, 0.1) is 5.82 Å². The molecule has 96 valence electrons. The van der Waals surface area contributed by atoms with Crippen molar-refractivity contribution in [1.82, 2.24) is 9.78 Å². The van der Waals surface area contributed by atoms with Crippen LogP contribution in [-0.4, -0.2) is 22.0 Å². The van der Waals surface area contributed by atoms with Gasteiger partial charge in [-0.05, 0) is 25.1 Å². The molecular weight excluding hydrogens is 235 g/mol. The highest BCUT2D eigenvalue weighted by molar-refractivity contribution is 5.43. The van der Waals surface area contributed by atoms with Crippen molar-refractivity contribution in [2.75, 3.05) is 7.11 Å². The van der Waals surface area contributed by atoms with Crippen molar-refractivity contribution in [2.24, 2.45) is 7.05 Å². The van der Waals surface area contributed by atoms with Crippen LogP contribution in [0.15, 0.2) is 30.5 Å². The van der Waals surface area contributed by atoms with Crippen LogP contribution in [0.3, 0.4) is 0 Å². The van der Waals surface area contributed by atoms with Crippen LogP contribution in [-0.2, 0) is 12.6 Å². The second-order valence-corrected chi connectivity index (χ2v) is 4.26. The lowest BCUT2D eigenvalue weighted by Crippen LogP contribution is -2.26. The Morgan fingerprint density at radius 3 is 2.67 bits per heavy atom. The van der Waals surface area contributed by atoms with Gasteiger partial charge in [-0.25, -0.2) is 4.39 Å². The minimum atomic E-state index is -1.54. The fourth-order valence-corrected chi connectivity index (χ4v) is 1.95. The van der Waals surface area contributed by atoms with E-state index < -0.39 is 11.4 Å². The van der Waals surface area contributed by atoms with Gasteiger partial charge in [0.2, 0.25) is 0 Å². The Balaban J connectivity index is 2.60. The first kappa shape index (κ1) is 12.6. The summed E-state index contributed by atoms with van der Waals surface area (Å²) in [6, 6.07) is 6.07. The van der Waals surface area contributed by atoms with Crippen molar-refractivity contribution in [3.8, 4) is 5.75 Å². The number of aliphatic hydroxyl groups is 1. The van der Waals surface area contributed by atoms with E-state index >= 15 is 0 Å². The Labute approximate surface area is 105 Å². The van der Waals surface area contributed by atoms with E-state index in [-0.39, 0.29) is 5.56 Å². The summed E-state index contributed by atoms with van der Waals surface area (Å²) < 4.78 is 20.6. The van der Waals surface area contributed by atoms with E-state index in [1.165, 1.54) is 26.2 Å². The van der Waals surface area contributed by atoms with Crippen LogP contribution in [0.4, 0.5) is 4.39 Å². The second kappa shape index (κ2) is 4.42. The van der Waals surface area contributed by atoms with Crippen LogP contribution >= 0.6 is 0 Å². The summed E-state index contributed by atoms with van der Waals surface area (Å²) >= 11 is 0. The molecule has 1 atom stereocenters. The minimum Gasteiger partial charge on any atom is -0.496 e. The van der Waals surface area contributed by atoms with E-state index in [1.807, 2.05) is 0 Å². The predicted octanol–water partition coefficient (Wildman–Crippen LogP) is 1.82. The number of hydrogen-bond acceptors (Lipinski definition) is 3. The molecule has 0 spiro atoms. The first-order valence-corrected chi connectivity index (χ1v) is 5.52. The number of benzene rings is 1. The molecule has 0 aliphatic rings. The summed E-state index contributed by atoms with van der Waals surface area (Å²) in [6.45, 7) is 1.50. The van der Waals surface area contributed by atoms with Gasteiger partial charge in [0, 0.05) is 13.2 Å². The third kappa shape index (κ3) is 1.97. The Hall–Kier alpha value is -1.88. The molecular formula is C13H15FN2O2. The normalized spacial score (nSPS) is 14.3. The SMILES string of the molecule is COc1cccc(F)c1C(C)(O)c1ccn(C)n1. The van der Waals surface area contributed by atoms with E-state index in [2.05, 4.69) is 5.10 Å². The average molecular weight is 250 g/mol. The molecule has 18 heavy (non-hydrogen) atoms. The number of halogens is 1. The zero-order chi connectivity index (χ0) is 13.3. The number of aromatic nitrogens is 2. The van der Waals surface area contributed by atoms with Crippen molar-refractivity contribution in [2.45, 2.75) is 12.5 Å². The number of methoxy groups -OCH3 is 1. The molecule has 0 aliphatic carbocycles. The molecule has 0 amide bonds. The van der Waals surface area contributed by atoms with Crippen LogP contribution < -0.4 is 4.74 Å². The van der Waals surface area contributed by atoms with E-state index in [0.29, 0.717) is 11.4 Å². The van der Waals surface area contributed by atoms with Crippen molar-refractivity contribution >= 4 is 0 Å². The molecule has 2 rings (SSSR count). The molecule has 1 aromatic carbocycles. The molecule has 5 heteroatoms. The summed E-state index contributed by atoms with van der Waals surface area (Å²) in [4.78, 5) is 0. The Bertz CT molecular complexity index is 564. The number of ether oxygens (including phenoxy) is 1.